The minimum atomic E-state index is -0.0817. The molecule has 1 fully saturated rings. The normalized spacial score (nSPS) is 19.2. The smallest absolute Gasteiger partial charge is 0.119 e. The van der Waals surface area contributed by atoms with Gasteiger partial charge in [0.15, 0.2) is 0 Å². The van der Waals surface area contributed by atoms with E-state index in [-0.39, 0.29) is 17.3 Å². The van der Waals surface area contributed by atoms with Crippen molar-refractivity contribution in [2.75, 3.05) is 19.8 Å². The summed E-state index contributed by atoms with van der Waals surface area (Å²) in [4.78, 5) is 0. The summed E-state index contributed by atoms with van der Waals surface area (Å²) in [6, 6.07) is 8.00. The minimum Gasteiger partial charge on any atom is -0.490 e. The lowest BCUT2D eigenvalue weighted by Crippen LogP contribution is -2.43. The van der Waals surface area contributed by atoms with E-state index in [1.807, 2.05) is 24.3 Å². The average Bonchev–Trinajstić information content (AvgIpc) is 2.57. The van der Waals surface area contributed by atoms with Gasteiger partial charge in [0, 0.05) is 38.0 Å². The Morgan fingerprint density at radius 3 is 2.17 bits per heavy atom. The molecule has 2 rings (SSSR count). The zero-order valence-corrected chi connectivity index (χ0v) is 19.0. The van der Waals surface area contributed by atoms with Gasteiger partial charge in [-0.15, -0.1) is 0 Å². The van der Waals surface area contributed by atoms with Crippen molar-refractivity contribution in [3.63, 3.8) is 0 Å². The largest absolute Gasteiger partial charge is 0.490 e. The van der Waals surface area contributed by atoms with Crippen molar-refractivity contribution in [2.45, 2.75) is 90.6 Å². The van der Waals surface area contributed by atoms with Gasteiger partial charge in [0.25, 0.3) is 0 Å². The van der Waals surface area contributed by atoms with Crippen LogP contribution in [0.2, 0.25) is 0 Å². The summed E-state index contributed by atoms with van der Waals surface area (Å²) in [5, 5.41) is 0. The maximum atomic E-state index is 6.00. The van der Waals surface area contributed by atoms with Gasteiger partial charge in [0.2, 0.25) is 0 Å². The van der Waals surface area contributed by atoms with Crippen LogP contribution in [0.25, 0.3) is 0 Å². The molecule has 0 atom stereocenters. The van der Waals surface area contributed by atoms with E-state index in [1.165, 1.54) is 0 Å². The van der Waals surface area contributed by atoms with Crippen LogP contribution in [0.5, 0.6) is 5.75 Å². The lowest BCUT2D eigenvalue weighted by Gasteiger charge is -2.39. The summed E-state index contributed by atoms with van der Waals surface area (Å²) in [5.74, 6) is 7.24. The van der Waals surface area contributed by atoms with Crippen LogP contribution >= 0.6 is 0 Å². The summed E-state index contributed by atoms with van der Waals surface area (Å²) < 4.78 is 23.2. The topological polar surface area (TPSA) is 36.9 Å². The Hall–Kier alpha value is -1.54. The highest BCUT2D eigenvalue weighted by Crippen LogP contribution is 2.31. The van der Waals surface area contributed by atoms with E-state index in [9.17, 15) is 0 Å². The van der Waals surface area contributed by atoms with E-state index < -0.39 is 0 Å². The highest BCUT2D eigenvalue weighted by Gasteiger charge is 2.34. The minimum absolute atomic E-state index is 0.0764. The van der Waals surface area contributed by atoms with Crippen molar-refractivity contribution in [1.82, 2.24) is 0 Å². The quantitative estimate of drug-likeness (QED) is 0.411. The van der Waals surface area contributed by atoms with Gasteiger partial charge in [-0.05, 0) is 72.2 Å². The number of rotatable bonds is 9. The molecule has 4 nitrogen and oxygen atoms in total. The molecule has 0 aromatic heterocycles. The first-order valence-electron chi connectivity index (χ1n) is 10.8. The summed E-state index contributed by atoms with van der Waals surface area (Å²) in [5.41, 5.74) is 0.841. The molecule has 4 heteroatoms. The second-order valence-electron chi connectivity index (χ2n) is 9.57. The third-order valence-electron chi connectivity index (χ3n) is 4.30. The first-order valence-corrected chi connectivity index (χ1v) is 10.8. The molecule has 0 N–H and O–H groups in total. The molecule has 0 spiro atoms. The van der Waals surface area contributed by atoms with Gasteiger partial charge in [-0.3, -0.25) is 0 Å². The first-order chi connectivity index (χ1) is 13.6. The zero-order valence-electron chi connectivity index (χ0n) is 19.0. The summed E-state index contributed by atoms with van der Waals surface area (Å²) >= 11 is 0. The van der Waals surface area contributed by atoms with Gasteiger partial charge < -0.3 is 18.9 Å². The van der Waals surface area contributed by atoms with Gasteiger partial charge >= 0.3 is 0 Å². The molecule has 1 saturated carbocycles. The van der Waals surface area contributed by atoms with Crippen LogP contribution in [-0.2, 0) is 14.2 Å². The average molecular weight is 403 g/mol. The van der Waals surface area contributed by atoms with Crippen LogP contribution in [0.3, 0.4) is 0 Å². The maximum absolute atomic E-state index is 6.00. The molecule has 0 heterocycles. The third kappa shape index (κ3) is 10.7. The highest BCUT2D eigenvalue weighted by atomic mass is 16.5. The van der Waals surface area contributed by atoms with E-state index in [0.29, 0.717) is 19.3 Å². The molecule has 1 aliphatic rings. The second kappa shape index (κ2) is 11.0. The van der Waals surface area contributed by atoms with Gasteiger partial charge in [0.1, 0.15) is 11.9 Å². The molecule has 29 heavy (non-hydrogen) atoms. The van der Waals surface area contributed by atoms with Crippen LogP contribution in [0.1, 0.15) is 72.8 Å². The molecule has 0 aliphatic heterocycles. The summed E-state index contributed by atoms with van der Waals surface area (Å²) in [6.45, 7) is 14.6. The van der Waals surface area contributed by atoms with Crippen molar-refractivity contribution >= 4 is 0 Å². The number of ether oxygens (including phenoxy) is 4. The van der Waals surface area contributed by atoms with Gasteiger partial charge in [-0.2, -0.15) is 0 Å². The molecule has 0 radical (unpaired) electrons. The van der Waals surface area contributed by atoms with Crippen LogP contribution < -0.4 is 4.74 Å². The molecular weight excluding hydrogens is 364 g/mol. The SMILES string of the molecule is CC(C)(C)OCCCOCCC#Cc1ccc(OC2CC(OC(C)(C)C)C2)cc1. The van der Waals surface area contributed by atoms with E-state index in [4.69, 9.17) is 18.9 Å². The first kappa shape index (κ1) is 23.7. The number of benzene rings is 1. The van der Waals surface area contributed by atoms with Gasteiger partial charge in [0.05, 0.1) is 23.9 Å². The fraction of sp³-hybridized carbons (Fsp3) is 0.680. The van der Waals surface area contributed by atoms with E-state index in [0.717, 1.165) is 43.6 Å². The predicted octanol–water partition coefficient (Wildman–Crippen LogP) is 5.37. The molecule has 1 aromatic carbocycles. The maximum Gasteiger partial charge on any atom is 0.119 e. The fourth-order valence-electron chi connectivity index (χ4n) is 2.95. The van der Waals surface area contributed by atoms with Gasteiger partial charge in [-0.1, -0.05) is 11.8 Å². The summed E-state index contributed by atoms with van der Waals surface area (Å²) in [7, 11) is 0. The molecule has 0 bridgehead atoms. The fourth-order valence-corrected chi connectivity index (χ4v) is 2.95. The molecule has 0 unspecified atom stereocenters. The van der Waals surface area contributed by atoms with E-state index in [1.54, 1.807) is 0 Å². The molecule has 1 aliphatic carbocycles. The Kier molecular flexibility index (Phi) is 9.02. The molecule has 0 saturated heterocycles. The van der Waals surface area contributed by atoms with Crippen LogP contribution in [0.15, 0.2) is 24.3 Å². The number of hydrogen-bond acceptors (Lipinski definition) is 4. The third-order valence-corrected chi connectivity index (χ3v) is 4.30. The van der Waals surface area contributed by atoms with Gasteiger partial charge in [-0.25, -0.2) is 0 Å². The van der Waals surface area contributed by atoms with Crippen molar-refractivity contribution in [3.8, 4) is 17.6 Å². The van der Waals surface area contributed by atoms with Crippen LogP contribution in [0.4, 0.5) is 0 Å². The Balaban J connectivity index is 1.57. The van der Waals surface area contributed by atoms with Crippen LogP contribution in [-0.4, -0.2) is 43.2 Å². The molecule has 0 amide bonds. The predicted molar refractivity (Wildman–Crippen MR) is 117 cm³/mol. The van der Waals surface area contributed by atoms with Crippen LogP contribution in [0, 0.1) is 11.8 Å². The molecule has 1 aromatic rings. The Bertz CT molecular complexity index is 649. The summed E-state index contributed by atoms with van der Waals surface area (Å²) in [6.07, 6.45) is 4.14. The Morgan fingerprint density at radius 2 is 1.55 bits per heavy atom. The van der Waals surface area contributed by atoms with E-state index >= 15 is 0 Å². The molecular formula is C25H38O4. The molecule has 162 valence electrons. The Labute approximate surface area is 177 Å². The number of hydrogen-bond donors (Lipinski definition) is 0. The van der Waals surface area contributed by atoms with Crippen molar-refractivity contribution < 1.29 is 18.9 Å². The lowest BCUT2D eigenvalue weighted by atomic mass is 9.91. The zero-order chi connectivity index (χ0) is 21.3. The van der Waals surface area contributed by atoms with E-state index in [2.05, 4.69) is 53.4 Å². The van der Waals surface area contributed by atoms with Crippen molar-refractivity contribution in [2.24, 2.45) is 0 Å². The standard InChI is InChI=1S/C25H38O4/c1-24(2,3)27-17-9-16-26-15-8-7-10-20-11-13-21(14-12-20)28-22-18-23(19-22)29-25(4,5)6/h11-14,22-23H,8-9,15-19H2,1-6H3. The van der Waals surface area contributed by atoms with Crippen molar-refractivity contribution in [3.05, 3.63) is 29.8 Å². The lowest BCUT2D eigenvalue weighted by molar-refractivity contribution is -0.126. The Morgan fingerprint density at radius 1 is 0.862 bits per heavy atom. The highest BCUT2D eigenvalue weighted by molar-refractivity contribution is 5.38. The monoisotopic (exact) mass is 402 g/mol. The van der Waals surface area contributed by atoms with Crippen molar-refractivity contribution in [1.29, 1.82) is 0 Å². The second-order valence-corrected chi connectivity index (χ2v) is 9.57.